The van der Waals surface area contributed by atoms with Crippen LogP contribution in [-0.2, 0) is 4.79 Å². The molecule has 0 unspecified atom stereocenters. The van der Waals surface area contributed by atoms with Crippen molar-refractivity contribution < 1.29 is 4.79 Å². The predicted molar refractivity (Wildman–Crippen MR) is 52.0 cm³/mol. The maximum absolute atomic E-state index is 11.2. The molecule has 14 heavy (non-hydrogen) atoms. The summed E-state index contributed by atoms with van der Waals surface area (Å²) in [5.41, 5.74) is -0.334. The lowest BCUT2D eigenvalue weighted by atomic mass is 10.5. The summed E-state index contributed by atoms with van der Waals surface area (Å²) in [6.07, 6.45) is 2.88. The van der Waals surface area contributed by atoms with Crippen LogP contribution in [0.4, 0.5) is 5.82 Å². The number of hydrogen-bond acceptors (Lipinski definition) is 4. The smallest absolute Gasteiger partial charge is 0.290 e. The van der Waals surface area contributed by atoms with Crippen LogP contribution in [0.5, 0.6) is 0 Å². The normalized spacial score (nSPS) is 9.57. The Morgan fingerprint density at radius 1 is 1.64 bits per heavy atom. The Morgan fingerprint density at radius 3 is 2.93 bits per heavy atom. The molecule has 0 atom stereocenters. The molecule has 0 aliphatic heterocycles. The largest absolute Gasteiger partial charge is 0.356 e. The molecule has 1 aromatic heterocycles. The number of anilines is 1. The first-order chi connectivity index (χ1) is 6.61. The van der Waals surface area contributed by atoms with E-state index in [2.05, 4.69) is 15.3 Å². The molecule has 1 heterocycles. The van der Waals surface area contributed by atoms with Crippen molar-refractivity contribution in [2.45, 2.75) is 0 Å². The van der Waals surface area contributed by atoms with Crippen molar-refractivity contribution in [2.24, 2.45) is 0 Å². The van der Waals surface area contributed by atoms with E-state index >= 15 is 0 Å². The summed E-state index contributed by atoms with van der Waals surface area (Å²) in [4.78, 5) is 29.9. The Kier molecular flexibility index (Phi) is 3.22. The Balaban J connectivity index is 2.59. The monoisotopic (exact) mass is 196 g/mol. The third-order valence-corrected chi connectivity index (χ3v) is 1.61. The maximum atomic E-state index is 11.2. The van der Waals surface area contributed by atoms with Gasteiger partial charge in [0.2, 0.25) is 5.91 Å². The number of H-pyrrole nitrogens is 1. The highest BCUT2D eigenvalue weighted by Crippen LogP contribution is 1.89. The molecule has 0 saturated heterocycles. The lowest BCUT2D eigenvalue weighted by Crippen LogP contribution is -2.30. The third-order valence-electron chi connectivity index (χ3n) is 1.61. The first-order valence-corrected chi connectivity index (χ1v) is 4.09. The average Bonchev–Trinajstić information content (AvgIpc) is 2.16. The number of aromatic nitrogens is 2. The van der Waals surface area contributed by atoms with Crippen LogP contribution in [0.15, 0.2) is 17.2 Å². The Labute approximate surface area is 81.0 Å². The second-order valence-electron chi connectivity index (χ2n) is 2.91. The van der Waals surface area contributed by atoms with E-state index in [-0.39, 0.29) is 23.8 Å². The minimum Gasteiger partial charge on any atom is -0.356 e. The number of hydrogen-bond donors (Lipinski definition) is 2. The fourth-order valence-corrected chi connectivity index (χ4v) is 0.795. The van der Waals surface area contributed by atoms with Crippen LogP contribution in [-0.4, -0.2) is 41.4 Å². The van der Waals surface area contributed by atoms with Crippen LogP contribution in [0.2, 0.25) is 0 Å². The lowest BCUT2D eigenvalue weighted by molar-refractivity contribution is -0.126. The van der Waals surface area contributed by atoms with Gasteiger partial charge in [0.25, 0.3) is 5.56 Å². The molecule has 0 saturated carbocycles. The Morgan fingerprint density at radius 2 is 2.36 bits per heavy atom. The van der Waals surface area contributed by atoms with Crippen molar-refractivity contribution in [1.82, 2.24) is 14.9 Å². The van der Waals surface area contributed by atoms with Gasteiger partial charge in [-0.15, -0.1) is 0 Å². The van der Waals surface area contributed by atoms with Crippen molar-refractivity contribution in [3.05, 3.63) is 22.7 Å². The van der Waals surface area contributed by atoms with Gasteiger partial charge >= 0.3 is 0 Å². The lowest BCUT2D eigenvalue weighted by Gasteiger charge is -2.10. The number of likely N-dealkylation sites (N-methyl/N-ethyl adjacent to an activating group) is 1. The molecule has 0 fully saturated rings. The molecule has 76 valence electrons. The van der Waals surface area contributed by atoms with E-state index in [0.29, 0.717) is 0 Å². The second kappa shape index (κ2) is 4.40. The first kappa shape index (κ1) is 10.2. The molecule has 1 amide bonds. The van der Waals surface area contributed by atoms with Crippen LogP contribution in [0.3, 0.4) is 0 Å². The van der Waals surface area contributed by atoms with Gasteiger partial charge in [0.15, 0.2) is 5.82 Å². The summed E-state index contributed by atoms with van der Waals surface area (Å²) in [6, 6.07) is 0. The molecule has 0 aliphatic rings. The van der Waals surface area contributed by atoms with Gasteiger partial charge in [0.1, 0.15) is 0 Å². The molecule has 2 N–H and O–H groups in total. The van der Waals surface area contributed by atoms with Gasteiger partial charge in [-0.2, -0.15) is 0 Å². The molecule has 0 radical (unpaired) electrons. The van der Waals surface area contributed by atoms with E-state index < -0.39 is 0 Å². The summed E-state index contributed by atoms with van der Waals surface area (Å²) in [5.74, 6) is 0.0396. The van der Waals surface area contributed by atoms with E-state index in [1.165, 1.54) is 17.3 Å². The maximum Gasteiger partial charge on any atom is 0.290 e. The summed E-state index contributed by atoms with van der Waals surface area (Å²) in [5, 5.41) is 2.65. The van der Waals surface area contributed by atoms with E-state index in [0.717, 1.165) is 0 Å². The number of aromatic amines is 1. The van der Waals surface area contributed by atoms with Crippen LogP contribution in [0.1, 0.15) is 0 Å². The van der Waals surface area contributed by atoms with Gasteiger partial charge in [0.05, 0.1) is 6.54 Å². The fourth-order valence-electron chi connectivity index (χ4n) is 0.795. The van der Waals surface area contributed by atoms with Crippen LogP contribution < -0.4 is 10.9 Å². The van der Waals surface area contributed by atoms with Crippen molar-refractivity contribution in [2.75, 3.05) is 26.0 Å². The van der Waals surface area contributed by atoms with Gasteiger partial charge < -0.3 is 15.2 Å². The number of nitrogens with zero attached hydrogens (tertiary/aromatic N) is 2. The molecule has 0 spiro atoms. The van der Waals surface area contributed by atoms with E-state index in [1.807, 2.05) is 0 Å². The highest BCUT2D eigenvalue weighted by atomic mass is 16.2. The second-order valence-corrected chi connectivity index (χ2v) is 2.91. The van der Waals surface area contributed by atoms with Gasteiger partial charge in [0, 0.05) is 26.5 Å². The minimum atomic E-state index is -0.334. The summed E-state index contributed by atoms with van der Waals surface area (Å²) in [6.45, 7) is 0.0626. The molecule has 1 rings (SSSR count). The van der Waals surface area contributed by atoms with Crippen molar-refractivity contribution in [1.29, 1.82) is 0 Å². The van der Waals surface area contributed by atoms with Gasteiger partial charge in [-0.05, 0) is 0 Å². The van der Waals surface area contributed by atoms with E-state index in [9.17, 15) is 9.59 Å². The third kappa shape index (κ3) is 2.58. The molecular weight excluding hydrogens is 184 g/mol. The summed E-state index contributed by atoms with van der Waals surface area (Å²) < 4.78 is 0. The molecule has 0 aliphatic carbocycles. The van der Waals surface area contributed by atoms with Crippen molar-refractivity contribution in [3.63, 3.8) is 0 Å². The van der Waals surface area contributed by atoms with Gasteiger partial charge in [-0.3, -0.25) is 9.59 Å². The van der Waals surface area contributed by atoms with Crippen molar-refractivity contribution in [3.8, 4) is 0 Å². The number of amides is 1. The zero-order chi connectivity index (χ0) is 10.6. The molecule has 6 heteroatoms. The average molecular weight is 196 g/mol. The Hall–Kier alpha value is -1.85. The van der Waals surface area contributed by atoms with E-state index in [4.69, 9.17) is 0 Å². The fraction of sp³-hybridized carbons (Fsp3) is 0.375. The number of nitrogens with one attached hydrogen (secondary N) is 2. The van der Waals surface area contributed by atoms with Crippen molar-refractivity contribution >= 4 is 11.7 Å². The topological polar surface area (TPSA) is 78.1 Å². The molecule has 0 aromatic carbocycles. The van der Waals surface area contributed by atoms with Gasteiger partial charge in [-0.1, -0.05) is 0 Å². The number of rotatable bonds is 3. The minimum absolute atomic E-state index is 0.0626. The zero-order valence-electron chi connectivity index (χ0n) is 8.07. The predicted octanol–water partition coefficient (Wildman–Crippen LogP) is -0.730. The van der Waals surface area contributed by atoms with Crippen LogP contribution in [0.25, 0.3) is 0 Å². The number of carbonyl (C=O) groups is 1. The molecule has 6 nitrogen and oxygen atoms in total. The highest BCUT2D eigenvalue weighted by Gasteiger charge is 2.05. The summed E-state index contributed by atoms with van der Waals surface area (Å²) >= 11 is 0. The first-order valence-electron chi connectivity index (χ1n) is 4.09. The van der Waals surface area contributed by atoms with Crippen LogP contribution in [0, 0.1) is 0 Å². The van der Waals surface area contributed by atoms with Gasteiger partial charge in [-0.25, -0.2) is 4.98 Å². The zero-order valence-corrected chi connectivity index (χ0v) is 8.07. The molecular formula is C8H12N4O2. The van der Waals surface area contributed by atoms with E-state index in [1.54, 1.807) is 14.1 Å². The van der Waals surface area contributed by atoms with Crippen LogP contribution >= 0.6 is 0 Å². The SMILES string of the molecule is CN(C)C(=O)CNc1ncc[nH]c1=O. The molecule has 0 bridgehead atoms. The molecule has 1 aromatic rings. The number of carbonyl (C=O) groups excluding carboxylic acids is 1. The highest BCUT2D eigenvalue weighted by molar-refractivity contribution is 5.79. The summed E-state index contributed by atoms with van der Waals surface area (Å²) in [7, 11) is 3.29. The quantitative estimate of drug-likeness (QED) is 0.668. The standard InChI is InChI=1S/C8H12N4O2/c1-12(2)6(13)5-11-7-8(14)10-4-3-9-7/h3-4H,5H2,1-2H3,(H,9,11)(H,10,14). The Bertz CT molecular complexity index is 372.